The van der Waals surface area contributed by atoms with Crippen molar-refractivity contribution >= 4 is 12.4 Å². The van der Waals surface area contributed by atoms with Crippen LogP contribution in [0.5, 0.6) is 11.5 Å². The third-order valence-corrected chi connectivity index (χ3v) is 3.96. The van der Waals surface area contributed by atoms with Crippen molar-refractivity contribution in [1.29, 1.82) is 0 Å². The van der Waals surface area contributed by atoms with Crippen LogP contribution in [0.15, 0.2) is 18.2 Å². The molecule has 0 bridgehead atoms. The largest absolute Gasteiger partial charge is 0.493 e. The number of halogens is 1. The molecule has 1 aliphatic rings. The zero-order chi connectivity index (χ0) is 13.8. The van der Waals surface area contributed by atoms with Crippen molar-refractivity contribution in [1.82, 2.24) is 4.90 Å². The van der Waals surface area contributed by atoms with Crippen LogP contribution < -0.4 is 15.2 Å². The lowest BCUT2D eigenvalue weighted by atomic mass is 10.1. The molecule has 4 nitrogen and oxygen atoms in total. The molecule has 2 atom stereocenters. The number of hydrogen-bond acceptors (Lipinski definition) is 4. The summed E-state index contributed by atoms with van der Waals surface area (Å²) in [5.74, 6) is 2.21. The lowest BCUT2D eigenvalue weighted by Crippen LogP contribution is -2.27. The Kier molecular flexibility index (Phi) is 6.59. The molecule has 1 aromatic carbocycles. The summed E-state index contributed by atoms with van der Waals surface area (Å²) < 4.78 is 10.6. The maximum Gasteiger partial charge on any atom is 0.161 e. The van der Waals surface area contributed by atoms with Gasteiger partial charge in [0.15, 0.2) is 11.5 Å². The average molecular weight is 301 g/mol. The third kappa shape index (κ3) is 3.78. The summed E-state index contributed by atoms with van der Waals surface area (Å²) in [5, 5.41) is 0. The molecular weight excluding hydrogens is 276 g/mol. The van der Waals surface area contributed by atoms with Gasteiger partial charge in [0.1, 0.15) is 0 Å². The Hall–Kier alpha value is -0.970. The molecule has 1 heterocycles. The van der Waals surface area contributed by atoms with E-state index < -0.39 is 0 Å². The maximum absolute atomic E-state index is 5.77. The summed E-state index contributed by atoms with van der Waals surface area (Å²) in [6.07, 6.45) is 1.20. The Morgan fingerprint density at radius 3 is 2.50 bits per heavy atom. The van der Waals surface area contributed by atoms with E-state index >= 15 is 0 Å². The van der Waals surface area contributed by atoms with Crippen LogP contribution >= 0.6 is 12.4 Å². The van der Waals surface area contributed by atoms with Gasteiger partial charge in [-0.3, -0.25) is 4.90 Å². The maximum atomic E-state index is 5.77. The molecule has 2 rings (SSSR count). The highest BCUT2D eigenvalue weighted by Crippen LogP contribution is 2.30. The van der Waals surface area contributed by atoms with E-state index in [4.69, 9.17) is 15.2 Å². The standard InChI is InChI=1S/C15H24N2O2.ClH/c1-11-6-13(8-16)10-17(11)9-12-4-5-14(18-2)15(7-12)19-3;/h4-5,7,11,13H,6,8-10,16H2,1-3H3;1H. The van der Waals surface area contributed by atoms with Gasteiger partial charge in [-0.25, -0.2) is 0 Å². The molecule has 0 saturated carbocycles. The predicted molar refractivity (Wildman–Crippen MR) is 83.8 cm³/mol. The van der Waals surface area contributed by atoms with Gasteiger partial charge in [-0.2, -0.15) is 0 Å². The Labute approximate surface area is 127 Å². The minimum Gasteiger partial charge on any atom is -0.493 e. The first-order valence-electron chi connectivity index (χ1n) is 6.83. The Bertz CT molecular complexity index is 428. The minimum atomic E-state index is 0. The summed E-state index contributed by atoms with van der Waals surface area (Å²) in [6, 6.07) is 6.72. The molecule has 5 heteroatoms. The Morgan fingerprint density at radius 2 is 1.95 bits per heavy atom. The first kappa shape index (κ1) is 17.1. The summed E-state index contributed by atoms with van der Waals surface area (Å²) >= 11 is 0. The monoisotopic (exact) mass is 300 g/mol. The van der Waals surface area contributed by atoms with Gasteiger partial charge in [-0.15, -0.1) is 12.4 Å². The molecule has 0 radical (unpaired) electrons. The summed E-state index contributed by atoms with van der Waals surface area (Å²) in [7, 11) is 3.33. The summed E-state index contributed by atoms with van der Waals surface area (Å²) in [5.41, 5.74) is 7.02. The fourth-order valence-electron chi connectivity index (χ4n) is 2.82. The van der Waals surface area contributed by atoms with Gasteiger partial charge < -0.3 is 15.2 Å². The molecule has 0 aromatic heterocycles. The number of methoxy groups -OCH3 is 2. The van der Waals surface area contributed by atoms with E-state index in [1.807, 2.05) is 6.07 Å². The van der Waals surface area contributed by atoms with Crippen molar-refractivity contribution in [2.75, 3.05) is 27.3 Å². The Balaban J connectivity index is 0.00000200. The van der Waals surface area contributed by atoms with Crippen molar-refractivity contribution in [2.24, 2.45) is 11.7 Å². The van der Waals surface area contributed by atoms with E-state index in [1.54, 1.807) is 14.2 Å². The van der Waals surface area contributed by atoms with Gasteiger partial charge >= 0.3 is 0 Å². The van der Waals surface area contributed by atoms with Crippen molar-refractivity contribution in [2.45, 2.75) is 25.9 Å². The summed E-state index contributed by atoms with van der Waals surface area (Å²) in [6.45, 7) is 5.09. The van der Waals surface area contributed by atoms with E-state index in [0.29, 0.717) is 12.0 Å². The summed E-state index contributed by atoms with van der Waals surface area (Å²) in [4.78, 5) is 2.48. The Morgan fingerprint density at radius 1 is 1.25 bits per heavy atom. The molecule has 20 heavy (non-hydrogen) atoms. The van der Waals surface area contributed by atoms with Crippen LogP contribution in [0.2, 0.25) is 0 Å². The topological polar surface area (TPSA) is 47.7 Å². The zero-order valence-corrected chi connectivity index (χ0v) is 13.3. The first-order valence-corrected chi connectivity index (χ1v) is 6.83. The highest BCUT2D eigenvalue weighted by atomic mass is 35.5. The van der Waals surface area contributed by atoms with Gasteiger partial charge in [-0.1, -0.05) is 6.07 Å². The molecular formula is C15H25ClN2O2. The number of hydrogen-bond donors (Lipinski definition) is 1. The van der Waals surface area contributed by atoms with E-state index in [9.17, 15) is 0 Å². The van der Waals surface area contributed by atoms with E-state index in [2.05, 4.69) is 24.0 Å². The van der Waals surface area contributed by atoms with Gasteiger partial charge in [0.25, 0.3) is 0 Å². The van der Waals surface area contributed by atoms with Gasteiger partial charge in [0, 0.05) is 19.1 Å². The quantitative estimate of drug-likeness (QED) is 0.906. The molecule has 1 aromatic rings. The SMILES string of the molecule is COc1ccc(CN2CC(CN)CC2C)cc1OC.Cl. The number of benzene rings is 1. The fourth-order valence-corrected chi connectivity index (χ4v) is 2.82. The van der Waals surface area contributed by atoms with Crippen molar-refractivity contribution in [3.05, 3.63) is 23.8 Å². The molecule has 0 spiro atoms. The van der Waals surface area contributed by atoms with Crippen molar-refractivity contribution in [3.8, 4) is 11.5 Å². The first-order chi connectivity index (χ1) is 9.17. The molecule has 2 N–H and O–H groups in total. The fraction of sp³-hybridized carbons (Fsp3) is 0.600. The highest BCUT2D eigenvalue weighted by molar-refractivity contribution is 5.85. The van der Waals surface area contributed by atoms with Crippen LogP contribution in [0.3, 0.4) is 0 Å². The van der Waals surface area contributed by atoms with Crippen LogP contribution in [0, 0.1) is 5.92 Å². The lowest BCUT2D eigenvalue weighted by Gasteiger charge is -2.21. The van der Waals surface area contributed by atoms with Crippen LogP contribution in [0.4, 0.5) is 0 Å². The minimum absolute atomic E-state index is 0. The van der Waals surface area contributed by atoms with Crippen molar-refractivity contribution in [3.63, 3.8) is 0 Å². The van der Waals surface area contributed by atoms with Crippen LogP contribution in [0.1, 0.15) is 18.9 Å². The van der Waals surface area contributed by atoms with Crippen LogP contribution in [0.25, 0.3) is 0 Å². The van der Waals surface area contributed by atoms with Gasteiger partial charge in [0.2, 0.25) is 0 Å². The molecule has 0 amide bonds. The normalized spacial score (nSPS) is 22.4. The molecule has 1 fully saturated rings. The number of likely N-dealkylation sites (tertiary alicyclic amines) is 1. The van der Waals surface area contributed by atoms with E-state index in [0.717, 1.165) is 31.1 Å². The van der Waals surface area contributed by atoms with Gasteiger partial charge in [0.05, 0.1) is 14.2 Å². The number of rotatable bonds is 5. The number of ether oxygens (including phenoxy) is 2. The molecule has 114 valence electrons. The zero-order valence-electron chi connectivity index (χ0n) is 12.5. The molecule has 0 aliphatic carbocycles. The molecule has 1 saturated heterocycles. The lowest BCUT2D eigenvalue weighted by molar-refractivity contribution is 0.255. The van der Waals surface area contributed by atoms with E-state index in [-0.39, 0.29) is 12.4 Å². The van der Waals surface area contributed by atoms with Crippen molar-refractivity contribution < 1.29 is 9.47 Å². The molecule has 2 unspecified atom stereocenters. The smallest absolute Gasteiger partial charge is 0.161 e. The third-order valence-electron chi connectivity index (χ3n) is 3.96. The van der Waals surface area contributed by atoms with Crippen LogP contribution in [-0.2, 0) is 6.54 Å². The van der Waals surface area contributed by atoms with E-state index in [1.165, 1.54) is 12.0 Å². The second-order valence-corrected chi connectivity index (χ2v) is 5.31. The number of nitrogens with two attached hydrogens (primary N) is 1. The second-order valence-electron chi connectivity index (χ2n) is 5.31. The molecule has 1 aliphatic heterocycles. The highest BCUT2D eigenvalue weighted by Gasteiger charge is 2.27. The average Bonchev–Trinajstić information content (AvgIpc) is 2.79. The predicted octanol–water partition coefficient (Wildman–Crippen LogP) is 2.29. The van der Waals surface area contributed by atoms with Gasteiger partial charge in [-0.05, 0) is 43.5 Å². The number of nitrogens with zero attached hydrogens (tertiary/aromatic N) is 1. The van der Waals surface area contributed by atoms with Crippen LogP contribution in [-0.4, -0.2) is 38.3 Å². The second kappa shape index (κ2) is 7.72.